The van der Waals surface area contributed by atoms with Crippen molar-refractivity contribution >= 4 is 40.7 Å². The molecule has 3 amide bonds. The predicted molar refractivity (Wildman–Crippen MR) is 172 cm³/mol. The Morgan fingerprint density at radius 1 is 1.15 bits per heavy atom. The summed E-state index contributed by atoms with van der Waals surface area (Å²) < 4.78 is 27.3. The first-order chi connectivity index (χ1) is 22.8. The highest BCUT2D eigenvalue weighted by Crippen LogP contribution is 2.36. The summed E-state index contributed by atoms with van der Waals surface area (Å²) in [6.07, 6.45) is 4.69. The molecule has 2 aromatic heterocycles. The van der Waals surface area contributed by atoms with Crippen LogP contribution in [0.5, 0.6) is 5.75 Å². The Morgan fingerprint density at radius 2 is 1.94 bits per heavy atom. The maximum absolute atomic E-state index is 14.9. The van der Waals surface area contributed by atoms with E-state index in [2.05, 4.69) is 15.3 Å². The average molecular weight is 662 g/mol. The summed E-state index contributed by atoms with van der Waals surface area (Å²) in [5.41, 5.74) is 9.17. The number of morpholine rings is 1. The second-order valence-corrected chi connectivity index (χ2v) is 11.6. The monoisotopic (exact) mass is 661 g/mol. The Kier molecular flexibility index (Phi) is 9.39. The van der Waals surface area contributed by atoms with Crippen LogP contribution in [-0.2, 0) is 4.74 Å². The van der Waals surface area contributed by atoms with Gasteiger partial charge in [-0.15, -0.1) is 0 Å². The molecule has 0 bridgehead atoms. The second kappa shape index (κ2) is 13.8. The number of nitrogens with two attached hydrogens (primary N) is 1. The molecule has 2 fully saturated rings. The van der Waals surface area contributed by atoms with Crippen molar-refractivity contribution in [3.05, 3.63) is 70.9 Å². The predicted octanol–water partition coefficient (Wildman–Crippen LogP) is 3.68. The van der Waals surface area contributed by atoms with E-state index in [0.29, 0.717) is 86.4 Å². The Labute approximate surface area is 275 Å². The molecule has 0 radical (unpaired) electrons. The maximum atomic E-state index is 14.9. The molecule has 1 atom stereocenters. The number of nitriles is 1. The Hall–Kier alpha value is -4.97. The molecule has 2 aromatic carbocycles. The number of aryl methyl sites for hydroxylation is 1. The minimum Gasteiger partial charge on any atom is -0.476 e. The number of piperazine rings is 1. The standard InChI is InChI=1S/C32H33ClFN9O4/c1-20-16-21(2-3-23(20)31(44)40-9-11-41(12-10-40)32(45)42-13-15-46-22(17-36)19-42)39-29-30-38-18-25(43(30)8-7-37-29)24-4-5-26(47-14-6-35)28(34)27(24)33/h2-5,7-8,16,18,22H,9-15,17,19,36H2,1H3,(H,37,39)/t22-/m0/s1. The van der Waals surface area contributed by atoms with E-state index in [1.807, 2.05) is 13.0 Å². The van der Waals surface area contributed by atoms with E-state index in [4.69, 9.17) is 32.1 Å². The van der Waals surface area contributed by atoms with Crippen LogP contribution in [0, 0.1) is 24.1 Å². The summed E-state index contributed by atoms with van der Waals surface area (Å²) in [4.78, 5) is 40.8. The normalized spacial score (nSPS) is 16.7. The molecule has 2 aliphatic rings. The quantitative estimate of drug-likeness (QED) is 0.302. The maximum Gasteiger partial charge on any atom is 0.320 e. The number of carbonyl (C=O) groups excluding carboxylic acids is 2. The number of aromatic nitrogens is 3. The van der Waals surface area contributed by atoms with Crippen LogP contribution >= 0.6 is 11.6 Å². The van der Waals surface area contributed by atoms with Gasteiger partial charge in [0.05, 0.1) is 29.6 Å². The molecule has 15 heteroatoms. The number of nitrogens with one attached hydrogen (secondary N) is 1. The fraction of sp³-hybridized carbons (Fsp3) is 0.344. The molecule has 244 valence electrons. The average Bonchev–Trinajstić information content (AvgIpc) is 3.53. The lowest BCUT2D eigenvalue weighted by molar-refractivity contribution is -0.0157. The van der Waals surface area contributed by atoms with E-state index in [9.17, 15) is 14.0 Å². The molecule has 0 spiro atoms. The van der Waals surface area contributed by atoms with Crippen molar-refractivity contribution in [2.45, 2.75) is 13.0 Å². The highest BCUT2D eigenvalue weighted by atomic mass is 35.5. The third kappa shape index (κ3) is 6.50. The number of fused-ring (bicyclic) bond motifs is 1. The third-order valence-electron chi connectivity index (χ3n) is 8.27. The Morgan fingerprint density at radius 3 is 2.68 bits per heavy atom. The summed E-state index contributed by atoms with van der Waals surface area (Å²) in [5, 5.41) is 11.8. The number of carbonyl (C=O) groups is 2. The third-order valence-corrected chi connectivity index (χ3v) is 8.64. The number of benzene rings is 2. The lowest BCUT2D eigenvalue weighted by Crippen LogP contribution is -2.57. The number of amides is 3. The molecule has 13 nitrogen and oxygen atoms in total. The Bertz CT molecular complexity index is 1850. The summed E-state index contributed by atoms with van der Waals surface area (Å²) in [7, 11) is 0. The van der Waals surface area contributed by atoms with E-state index in [0.717, 1.165) is 5.56 Å². The molecular weight excluding hydrogens is 629 g/mol. The first-order valence-electron chi connectivity index (χ1n) is 15.1. The summed E-state index contributed by atoms with van der Waals surface area (Å²) >= 11 is 6.35. The summed E-state index contributed by atoms with van der Waals surface area (Å²) in [6.45, 7) is 5.18. The molecular formula is C32H33ClFN9O4. The van der Waals surface area contributed by atoms with Crippen molar-refractivity contribution in [1.82, 2.24) is 29.1 Å². The van der Waals surface area contributed by atoms with Crippen LogP contribution in [0.4, 0.5) is 20.7 Å². The van der Waals surface area contributed by atoms with E-state index in [-0.39, 0.29) is 35.4 Å². The highest BCUT2D eigenvalue weighted by molar-refractivity contribution is 6.33. The first kappa shape index (κ1) is 32.0. The van der Waals surface area contributed by atoms with Gasteiger partial charge in [0, 0.05) is 75.0 Å². The van der Waals surface area contributed by atoms with Crippen molar-refractivity contribution in [3.63, 3.8) is 0 Å². The second-order valence-electron chi connectivity index (χ2n) is 11.2. The SMILES string of the molecule is Cc1cc(Nc2nccn3c(-c4ccc(OCC#N)c(F)c4Cl)cnc23)ccc1C(=O)N1CCN(C(=O)N2CCO[C@@H](CN)C2)CC1. The van der Waals surface area contributed by atoms with E-state index >= 15 is 0 Å². The number of nitrogens with zero attached hydrogens (tertiary/aromatic N) is 7. The number of rotatable bonds is 7. The van der Waals surface area contributed by atoms with Crippen LogP contribution < -0.4 is 15.8 Å². The smallest absolute Gasteiger partial charge is 0.320 e. The lowest BCUT2D eigenvalue weighted by atomic mass is 10.1. The minimum absolute atomic E-state index is 0.0477. The van der Waals surface area contributed by atoms with Gasteiger partial charge in [-0.3, -0.25) is 9.20 Å². The van der Waals surface area contributed by atoms with Gasteiger partial charge in [-0.05, 0) is 42.8 Å². The zero-order valence-electron chi connectivity index (χ0n) is 25.7. The van der Waals surface area contributed by atoms with Crippen LogP contribution in [-0.4, -0.2) is 106 Å². The van der Waals surface area contributed by atoms with Crippen molar-refractivity contribution in [2.75, 3.05) is 64.3 Å². The van der Waals surface area contributed by atoms with Crippen molar-refractivity contribution in [3.8, 4) is 23.1 Å². The van der Waals surface area contributed by atoms with Crippen molar-refractivity contribution in [1.29, 1.82) is 5.26 Å². The molecule has 6 rings (SSSR count). The number of imidazole rings is 1. The fourth-order valence-corrected chi connectivity index (χ4v) is 6.04. The topological polar surface area (TPSA) is 154 Å². The first-order valence-corrected chi connectivity index (χ1v) is 15.5. The molecule has 2 aliphatic heterocycles. The van der Waals surface area contributed by atoms with Gasteiger partial charge < -0.3 is 35.2 Å². The van der Waals surface area contributed by atoms with Crippen molar-refractivity contribution in [2.24, 2.45) is 5.73 Å². The van der Waals surface area contributed by atoms with E-state index in [1.165, 1.54) is 6.07 Å². The van der Waals surface area contributed by atoms with Crippen LogP contribution in [0.15, 0.2) is 48.9 Å². The van der Waals surface area contributed by atoms with Crippen LogP contribution in [0.25, 0.3) is 16.9 Å². The molecule has 0 saturated carbocycles. The van der Waals surface area contributed by atoms with Gasteiger partial charge in [0.1, 0.15) is 6.07 Å². The van der Waals surface area contributed by atoms with Gasteiger partial charge >= 0.3 is 6.03 Å². The van der Waals surface area contributed by atoms with E-state index in [1.54, 1.807) is 62.0 Å². The number of hydrogen-bond donors (Lipinski definition) is 2. The van der Waals surface area contributed by atoms with Crippen LogP contribution in [0.2, 0.25) is 5.02 Å². The molecule has 4 aromatic rings. The highest BCUT2D eigenvalue weighted by Gasteiger charge is 2.31. The molecule has 2 saturated heterocycles. The zero-order valence-corrected chi connectivity index (χ0v) is 26.4. The zero-order chi connectivity index (χ0) is 33.1. The van der Waals surface area contributed by atoms with Crippen molar-refractivity contribution < 1.29 is 23.5 Å². The van der Waals surface area contributed by atoms with Gasteiger partial charge in [-0.1, -0.05) is 11.6 Å². The van der Waals surface area contributed by atoms with Gasteiger partial charge in [0.25, 0.3) is 5.91 Å². The number of ether oxygens (including phenoxy) is 2. The van der Waals surface area contributed by atoms with Gasteiger partial charge in [-0.25, -0.2) is 19.2 Å². The number of halogens is 2. The summed E-state index contributed by atoms with van der Waals surface area (Å²) in [6, 6.07) is 10.2. The van der Waals surface area contributed by atoms with Gasteiger partial charge in [0.2, 0.25) is 0 Å². The van der Waals surface area contributed by atoms with E-state index < -0.39 is 5.82 Å². The van der Waals surface area contributed by atoms with Crippen LogP contribution in [0.3, 0.4) is 0 Å². The number of hydrogen-bond acceptors (Lipinski definition) is 9. The molecule has 0 aliphatic carbocycles. The minimum atomic E-state index is -0.767. The number of anilines is 2. The lowest BCUT2D eigenvalue weighted by Gasteiger charge is -2.40. The molecule has 4 heterocycles. The van der Waals surface area contributed by atoms with Gasteiger partial charge in [0.15, 0.2) is 29.6 Å². The fourth-order valence-electron chi connectivity index (χ4n) is 5.78. The largest absolute Gasteiger partial charge is 0.476 e. The molecule has 3 N–H and O–H groups in total. The van der Waals surface area contributed by atoms with Gasteiger partial charge in [-0.2, -0.15) is 5.26 Å². The number of urea groups is 1. The molecule has 0 unspecified atom stereocenters. The summed E-state index contributed by atoms with van der Waals surface area (Å²) in [5.74, 6) is -0.530. The Balaban J connectivity index is 1.13. The molecule has 47 heavy (non-hydrogen) atoms. The van der Waals surface area contributed by atoms with Crippen LogP contribution in [0.1, 0.15) is 15.9 Å².